The third-order valence-corrected chi connectivity index (χ3v) is 6.12. The minimum Gasteiger partial charge on any atom is -0.444 e. The lowest BCUT2D eigenvalue weighted by Crippen LogP contribution is -2.43. The summed E-state index contributed by atoms with van der Waals surface area (Å²) in [6, 6.07) is 12.4. The summed E-state index contributed by atoms with van der Waals surface area (Å²) in [4.78, 5) is 51.3. The van der Waals surface area contributed by atoms with Crippen LogP contribution in [-0.4, -0.2) is 26.7 Å². The maximum atomic E-state index is 14.3. The Hall–Kier alpha value is -4.41. The van der Waals surface area contributed by atoms with Gasteiger partial charge in [-0.3, -0.25) is 24.0 Å². The second-order valence-corrected chi connectivity index (χ2v) is 10.6. The van der Waals surface area contributed by atoms with E-state index < -0.39 is 34.7 Å². The molecule has 1 aliphatic rings. The molecule has 0 atom stereocenters. The molecule has 2 amide bonds. The van der Waals surface area contributed by atoms with Crippen LogP contribution in [0.4, 0.5) is 26.4 Å². The maximum absolute atomic E-state index is 14.3. The number of nitrogens with one attached hydrogen (secondary N) is 2. The molecule has 10 nitrogen and oxygen atoms in total. The van der Waals surface area contributed by atoms with Crippen molar-refractivity contribution in [1.82, 2.24) is 9.13 Å². The summed E-state index contributed by atoms with van der Waals surface area (Å²) < 4.78 is 21.7. The molecule has 4 rings (SSSR count). The molecule has 1 aliphatic carbocycles. The van der Waals surface area contributed by atoms with E-state index in [1.165, 1.54) is 22.8 Å². The summed E-state index contributed by atoms with van der Waals surface area (Å²) in [6.45, 7) is 5.27. The maximum Gasteiger partial charge on any atom is 0.412 e. The highest BCUT2D eigenvalue weighted by molar-refractivity contribution is 5.94. The van der Waals surface area contributed by atoms with Gasteiger partial charge in [0.2, 0.25) is 5.91 Å². The third kappa shape index (κ3) is 7.13. The molecule has 1 saturated carbocycles. The first-order valence-electron chi connectivity index (χ1n) is 12.7. The standard InChI is InChI=1S/C28H32FN5O5/c1-28(2,3)39-26(37)31-20-12-10-17(11-13-20)14-22(35)32-23-24(30)33(15-18-8-9-18)27(38)34(25(23)36)16-19-6-4-5-7-21(19)29/h4-7,10-13,18H,8-9,14-16,30H2,1-3H3,(H,31,37)(H,32,35). The number of rotatable bonds is 8. The molecule has 3 aromatic rings. The van der Waals surface area contributed by atoms with Gasteiger partial charge in [-0.15, -0.1) is 0 Å². The Morgan fingerprint density at radius 2 is 1.69 bits per heavy atom. The number of ether oxygens (including phenoxy) is 1. The van der Waals surface area contributed by atoms with Crippen molar-refractivity contribution in [2.24, 2.45) is 5.92 Å². The van der Waals surface area contributed by atoms with Crippen LogP contribution in [0.2, 0.25) is 0 Å². The van der Waals surface area contributed by atoms with Crippen molar-refractivity contribution in [2.45, 2.75) is 58.7 Å². The van der Waals surface area contributed by atoms with E-state index in [-0.39, 0.29) is 36.0 Å². The van der Waals surface area contributed by atoms with Crippen LogP contribution >= 0.6 is 0 Å². The van der Waals surface area contributed by atoms with Gasteiger partial charge in [0.05, 0.1) is 13.0 Å². The predicted molar refractivity (Wildman–Crippen MR) is 146 cm³/mol. The van der Waals surface area contributed by atoms with Gasteiger partial charge in [0, 0.05) is 17.8 Å². The fourth-order valence-electron chi connectivity index (χ4n) is 4.00. The quantitative estimate of drug-likeness (QED) is 0.401. The van der Waals surface area contributed by atoms with Gasteiger partial charge >= 0.3 is 11.8 Å². The molecule has 0 spiro atoms. The number of aromatic nitrogens is 2. The van der Waals surface area contributed by atoms with Crippen LogP contribution in [-0.2, 0) is 29.0 Å². The van der Waals surface area contributed by atoms with E-state index in [2.05, 4.69) is 10.6 Å². The zero-order valence-electron chi connectivity index (χ0n) is 22.1. The fourth-order valence-corrected chi connectivity index (χ4v) is 4.00. The van der Waals surface area contributed by atoms with Crippen molar-refractivity contribution in [3.63, 3.8) is 0 Å². The molecule has 0 unspecified atom stereocenters. The molecular formula is C28H32FN5O5. The topological polar surface area (TPSA) is 137 Å². The van der Waals surface area contributed by atoms with E-state index in [1.54, 1.807) is 51.1 Å². The summed E-state index contributed by atoms with van der Waals surface area (Å²) in [5.74, 6) is -0.960. The number of carbonyl (C=O) groups is 2. The lowest BCUT2D eigenvalue weighted by Gasteiger charge is -2.19. The van der Waals surface area contributed by atoms with Gasteiger partial charge in [0.25, 0.3) is 5.56 Å². The SMILES string of the molecule is CC(C)(C)OC(=O)Nc1ccc(CC(=O)Nc2c(N)n(CC3CC3)c(=O)n(Cc3ccccc3F)c2=O)cc1. The largest absolute Gasteiger partial charge is 0.444 e. The highest BCUT2D eigenvalue weighted by Crippen LogP contribution is 2.31. The Kier molecular flexibility index (Phi) is 7.89. The summed E-state index contributed by atoms with van der Waals surface area (Å²) in [5.41, 5.74) is 5.15. The number of nitrogen functional groups attached to an aromatic ring is 1. The van der Waals surface area contributed by atoms with E-state index >= 15 is 0 Å². The lowest BCUT2D eigenvalue weighted by molar-refractivity contribution is -0.115. The second-order valence-electron chi connectivity index (χ2n) is 10.6. The lowest BCUT2D eigenvalue weighted by atomic mass is 10.1. The molecule has 0 saturated heterocycles. The summed E-state index contributed by atoms with van der Waals surface area (Å²) in [7, 11) is 0. The Bertz CT molecular complexity index is 1500. The zero-order chi connectivity index (χ0) is 28.3. The van der Waals surface area contributed by atoms with Crippen LogP contribution < -0.4 is 27.6 Å². The highest BCUT2D eigenvalue weighted by atomic mass is 19.1. The second kappa shape index (κ2) is 11.1. The summed E-state index contributed by atoms with van der Waals surface area (Å²) in [6.07, 6.45) is 1.16. The van der Waals surface area contributed by atoms with Gasteiger partial charge < -0.3 is 15.8 Å². The van der Waals surface area contributed by atoms with Crippen LogP contribution in [0.3, 0.4) is 0 Å². The van der Waals surface area contributed by atoms with Gasteiger partial charge in [-0.25, -0.2) is 14.0 Å². The van der Waals surface area contributed by atoms with Gasteiger partial charge in [-0.05, 0) is 63.3 Å². The molecule has 0 bridgehead atoms. The summed E-state index contributed by atoms with van der Waals surface area (Å²) in [5, 5.41) is 5.18. The van der Waals surface area contributed by atoms with Crippen molar-refractivity contribution in [2.75, 3.05) is 16.4 Å². The minimum absolute atomic E-state index is 0.0966. The molecule has 206 valence electrons. The monoisotopic (exact) mass is 537 g/mol. The van der Waals surface area contributed by atoms with Crippen molar-refractivity contribution in [1.29, 1.82) is 0 Å². The van der Waals surface area contributed by atoms with E-state index in [0.717, 1.165) is 17.4 Å². The average Bonchev–Trinajstić information content (AvgIpc) is 3.68. The predicted octanol–water partition coefficient (Wildman–Crippen LogP) is 3.72. The van der Waals surface area contributed by atoms with Crippen LogP contribution in [0.25, 0.3) is 0 Å². The van der Waals surface area contributed by atoms with E-state index in [1.807, 2.05) is 0 Å². The van der Waals surface area contributed by atoms with Gasteiger partial charge in [0.1, 0.15) is 22.9 Å². The molecule has 0 aliphatic heterocycles. The molecular weight excluding hydrogens is 505 g/mol. The van der Waals surface area contributed by atoms with Crippen LogP contribution in [0.1, 0.15) is 44.7 Å². The Balaban J connectivity index is 1.54. The number of nitrogens with two attached hydrogens (primary N) is 1. The molecule has 0 radical (unpaired) electrons. The van der Waals surface area contributed by atoms with Crippen molar-refractivity contribution >= 4 is 29.2 Å². The van der Waals surface area contributed by atoms with Crippen molar-refractivity contribution < 1.29 is 18.7 Å². The first-order chi connectivity index (χ1) is 18.4. The number of anilines is 3. The number of carbonyl (C=O) groups excluding carboxylic acids is 2. The molecule has 11 heteroatoms. The first-order valence-corrected chi connectivity index (χ1v) is 12.7. The molecule has 1 aromatic heterocycles. The van der Waals surface area contributed by atoms with E-state index in [0.29, 0.717) is 17.8 Å². The molecule has 39 heavy (non-hydrogen) atoms. The van der Waals surface area contributed by atoms with Crippen LogP contribution in [0.15, 0.2) is 58.1 Å². The number of hydrogen-bond donors (Lipinski definition) is 3. The molecule has 4 N–H and O–H groups in total. The number of nitrogens with zero attached hydrogens (tertiary/aromatic N) is 2. The van der Waals surface area contributed by atoms with Crippen LogP contribution in [0, 0.1) is 11.7 Å². The Morgan fingerprint density at radius 3 is 2.31 bits per heavy atom. The van der Waals surface area contributed by atoms with Gasteiger partial charge in [-0.1, -0.05) is 30.3 Å². The zero-order valence-corrected chi connectivity index (χ0v) is 22.1. The average molecular weight is 538 g/mol. The third-order valence-electron chi connectivity index (χ3n) is 6.12. The van der Waals surface area contributed by atoms with E-state index in [9.17, 15) is 23.6 Å². The smallest absolute Gasteiger partial charge is 0.412 e. The Labute approximate surface area is 224 Å². The van der Waals surface area contributed by atoms with Crippen molar-refractivity contribution in [3.8, 4) is 0 Å². The molecule has 1 fully saturated rings. The Morgan fingerprint density at radius 1 is 1.03 bits per heavy atom. The molecule has 2 aromatic carbocycles. The minimum atomic E-state index is -0.807. The summed E-state index contributed by atoms with van der Waals surface area (Å²) >= 11 is 0. The number of halogens is 1. The molecule has 1 heterocycles. The number of amides is 2. The van der Waals surface area contributed by atoms with E-state index in [4.69, 9.17) is 10.5 Å². The van der Waals surface area contributed by atoms with Gasteiger partial charge in [-0.2, -0.15) is 0 Å². The van der Waals surface area contributed by atoms with Crippen molar-refractivity contribution in [3.05, 3.63) is 86.3 Å². The fraction of sp³-hybridized carbons (Fsp3) is 0.357. The van der Waals surface area contributed by atoms with Crippen LogP contribution in [0.5, 0.6) is 0 Å². The van der Waals surface area contributed by atoms with Gasteiger partial charge in [0.15, 0.2) is 0 Å². The number of hydrogen-bond acceptors (Lipinski definition) is 6. The normalized spacial score (nSPS) is 13.1. The number of benzene rings is 2. The first kappa shape index (κ1) is 27.6. The highest BCUT2D eigenvalue weighted by Gasteiger charge is 2.27.